The predicted octanol–water partition coefficient (Wildman–Crippen LogP) is 4.89. The zero-order valence-electron chi connectivity index (χ0n) is 10.5. The lowest BCUT2D eigenvalue weighted by atomic mass is 9.77. The first-order valence-corrected chi connectivity index (χ1v) is 5.86. The first kappa shape index (κ1) is 13.0. The van der Waals surface area contributed by atoms with Crippen LogP contribution in [0.4, 0.5) is 0 Å². The van der Waals surface area contributed by atoms with E-state index in [9.17, 15) is 0 Å². The monoisotopic (exact) mass is 184 g/mol. The fourth-order valence-corrected chi connectivity index (χ4v) is 1.42. The van der Waals surface area contributed by atoms with Gasteiger partial charge in [0.25, 0.3) is 0 Å². The Morgan fingerprint density at radius 2 is 1.46 bits per heavy atom. The van der Waals surface area contributed by atoms with E-state index >= 15 is 0 Å². The van der Waals surface area contributed by atoms with E-state index < -0.39 is 0 Å². The van der Waals surface area contributed by atoms with Crippen molar-refractivity contribution in [1.29, 1.82) is 0 Å². The van der Waals surface area contributed by atoms with E-state index in [0.29, 0.717) is 5.41 Å². The molecule has 0 aromatic heterocycles. The molecule has 0 atom stereocenters. The third-order valence-corrected chi connectivity index (χ3v) is 3.42. The van der Waals surface area contributed by atoms with Crippen LogP contribution in [-0.4, -0.2) is 0 Å². The normalized spacial score (nSPS) is 12.9. The van der Waals surface area contributed by atoms with Crippen LogP contribution < -0.4 is 0 Å². The van der Waals surface area contributed by atoms with Gasteiger partial charge in [-0.1, -0.05) is 60.8 Å². The SMILES string of the molecule is CC(C)CCCCC(C)(C)C(C)C. The van der Waals surface area contributed by atoms with Gasteiger partial charge in [0.2, 0.25) is 0 Å². The van der Waals surface area contributed by atoms with Crippen molar-refractivity contribution in [2.24, 2.45) is 17.3 Å². The van der Waals surface area contributed by atoms with Crippen LogP contribution in [0.5, 0.6) is 0 Å². The van der Waals surface area contributed by atoms with Gasteiger partial charge in [0.15, 0.2) is 0 Å². The molecule has 0 unspecified atom stereocenters. The van der Waals surface area contributed by atoms with Gasteiger partial charge < -0.3 is 0 Å². The molecule has 0 aliphatic heterocycles. The molecule has 0 N–H and O–H groups in total. The second kappa shape index (κ2) is 5.67. The minimum Gasteiger partial charge on any atom is -0.0628 e. The van der Waals surface area contributed by atoms with Crippen molar-refractivity contribution in [2.75, 3.05) is 0 Å². The van der Waals surface area contributed by atoms with E-state index in [2.05, 4.69) is 41.5 Å². The third-order valence-electron chi connectivity index (χ3n) is 3.42. The van der Waals surface area contributed by atoms with Gasteiger partial charge in [-0.15, -0.1) is 0 Å². The van der Waals surface area contributed by atoms with Crippen LogP contribution in [0.15, 0.2) is 0 Å². The molecule has 0 saturated heterocycles. The number of hydrogen-bond donors (Lipinski definition) is 0. The quantitative estimate of drug-likeness (QED) is 0.516. The van der Waals surface area contributed by atoms with Crippen molar-refractivity contribution < 1.29 is 0 Å². The Hall–Kier alpha value is 0. The Morgan fingerprint density at radius 1 is 0.923 bits per heavy atom. The topological polar surface area (TPSA) is 0 Å². The molecule has 0 radical (unpaired) electrons. The van der Waals surface area contributed by atoms with Crippen LogP contribution in [0.3, 0.4) is 0 Å². The average molecular weight is 184 g/mol. The molecule has 0 aromatic carbocycles. The lowest BCUT2D eigenvalue weighted by Gasteiger charge is -2.29. The fourth-order valence-electron chi connectivity index (χ4n) is 1.42. The van der Waals surface area contributed by atoms with Gasteiger partial charge >= 0.3 is 0 Å². The Kier molecular flexibility index (Phi) is 5.67. The number of hydrogen-bond acceptors (Lipinski definition) is 0. The molecule has 0 amide bonds. The molecule has 0 bridgehead atoms. The molecule has 0 aromatic rings. The van der Waals surface area contributed by atoms with Gasteiger partial charge in [-0.05, 0) is 23.7 Å². The summed E-state index contributed by atoms with van der Waals surface area (Å²) < 4.78 is 0. The van der Waals surface area contributed by atoms with Crippen LogP contribution in [0.2, 0.25) is 0 Å². The third kappa shape index (κ3) is 6.12. The molecule has 0 nitrogen and oxygen atoms in total. The highest BCUT2D eigenvalue weighted by atomic mass is 14.3. The molecule has 0 heterocycles. The summed E-state index contributed by atoms with van der Waals surface area (Å²) in [5.41, 5.74) is 0.539. The van der Waals surface area contributed by atoms with Gasteiger partial charge in [-0.2, -0.15) is 0 Å². The predicted molar refractivity (Wildman–Crippen MR) is 61.9 cm³/mol. The standard InChI is InChI=1S/C13H28/c1-11(2)9-7-8-10-13(5,6)12(3)4/h11-12H,7-10H2,1-6H3. The Balaban J connectivity index is 3.52. The maximum absolute atomic E-state index is 2.40. The maximum atomic E-state index is 2.40. The Bertz CT molecular complexity index is 120. The molecule has 0 aliphatic carbocycles. The van der Waals surface area contributed by atoms with Crippen molar-refractivity contribution in [3.63, 3.8) is 0 Å². The van der Waals surface area contributed by atoms with Crippen LogP contribution in [0, 0.1) is 17.3 Å². The first-order chi connectivity index (χ1) is 5.86. The average Bonchev–Trinajstić information content (AvgIpc) is 1.97. The van der Waals surface area contributed by atoms with Gasteiger partial charge in [-0.25, -0.2) is 0 Å². The van der Waals surface area contributed by atoms with Crippen molar-refractivity contribution in [2.45, 2.75) is 67.2 Å². The Morgan fingerprint density at radius 3 is 1.85 bits per heavy atom. The van der Waals surface area contributed by atoms with Gasteiger partial charge in [-0.3, -0.25) is 0 Å². The molecule has 0 aliphatic rings. The summed E-state index contributed by atoms with van der Waals surface area (Å²) in [6.07, 6.45) is 5.60. The second-order valence-electron chi connectivity index (χ2n) is 5.78. The lowest BCUT2D eigenvalue weighted by molar-refractivity contribution is 0.220. The fraction of sp³-hybridized carbons (Fsp3) is 1.00. The molecule has 80 valence electrons. The van der Waals surface area contributed by atoms with Crippen molar-refractivity contribution in [3.05, 3.63) is 0 Å². The minimum absolute atomic E-state index is 0.539. The highest BCUT2D eigenvalue weighted by Gasteiger charge is 2.21. The van der Waals surface area contributed by atoms with E-state index in [1.54, 1.807) is 0 Å². The van der Waals surface area contributed by atoms with E-state index in [1.807, 2.05) is 0 Å². The van der Waals surface area contributed by atoms with E-state index in [0.717, 1.165) is 11.8 Å². The van der Waals surface area contributed by atoms with Crippen LogP contribution in [0.25, 0.3) is 0 Å². The molecular formula is C13H28. The minimum atomic E-state index is 0.539. The highest BCUT2D eigenvalue weighted by Crippen LogP contribution is 2.32. The molecule has 0 rings (SSSR count). The zero-order chi connectivity index (χ0) is 10.5. The van der Waals surface area contributed by atoms with E-state index in [1.165, 1.54) is 25.7 Å². The van der Waals surface area contributed by atoms with Crippen LogP contribution in [-0.2, 0) is 0 Å². The highest BCUT2D eigenvalue weighted by molar-refractivity contribution is 4.72. The van der Waals surface area contributed by atoms with Gasteiger partial charge in [0, 0.05) is 0 Å². The van der Waals surface area contributed by atoms with Crippen LogP contribution >= 0.6 is 0 Å². The van der Waals surface area contributed by atoms with E-state index in [4.69, 9.17) is 0 Å². The van der Waals surface area contributed by atoms with Crippen molar-refractivity contribution >= 4 is 0 Å². The molecule has 0 fully saturated rings. The summed E-state index contributed by atoms with van der Waals surface area (Å²) in [5.74, 6) is 1.69. The van der Waals surface area contributed by atoms with Gasteiger partial charge in [0.05, 0.1) is 0 Å². The van der Waals surface area contributed by atoms with Crippen LogP contribution in [0.1, 0.15) is 67.2 Å². The number of unbranched alkanes of at least 4 members (excludes halogenated alkanes) is 1. The van der Waals surface area contributed by atoms with Crippen molar-refractivity contribution in [3.8, 4) is 0 Å². The summed E-state index contributed by atoms with van der Waals surface area (Å²) in [6.45, 7) is 14.1. The summed E-state index contributed by atoms with van der Waals surface area (Å²) in [5, 5.41) is 0. The van der Waals surface area contributed by atoms with Gasteiger partial charge in [0.1, 0.15) is 0 Å². The first-order valence-electron chi connectivity index (χ1n) is 5.86. The zero-order valence-corrected chi connectivity index (χ0v) is 10.5. The van der Waals surface area contributed by atoms with Crippen molar-refractivity contribution in [1.82, 2.24) is 0 Å². The molecule has 0 saturated carbocycles. The molecule has 13 heavy (non-hydrogen) atoms. The summed E-state index contributed by atoms with van der Waals surface area (Å²) in [7, 11) is 0. The lowest BCUT2D eigenvalue weighted by Crippen LogP contribution is -2.18. The molecule has 0 spiro atoms. The molecule has 0 heteroatoms. The summed E-state index contributed by atoms with van der Waals surface area (Å²) in [6, 6.07) is 0. The number of rotatable bonds is 6. The van der Waals surface area contributed by atoms with E-state index in [-0.39, 0.29) is 0 Å². The maximum Gasteiger partial charge on any atom is -0.0331 e. The molecular weight excluding hydrogens is 156 g/mol. The smallest absolute Gasteiger partial charge is 0.0331 e. The summed E-state index contributed by atoms with van der Waals surface area (Å²) in [4.78, 5) is 0. The summed E-state index contributed by atoms with van der Waals surface area (Å²) >= 11 is 0. The second-order valence-corrected chi connectivity index (χ2v) is 5.78. The Labute approximate surface area is 85.1 Å². The largest absolute Gasteiger partial charge is 0.0628 e.